The normalized spacial score (nSPS) is 13.7. The maximum absolute atomic E-state index is 7.18. The minimum atomic E-state index is -0.807. The molecule has 0 N–H and O–H groups in total. The Labute approximate surface area is 542 Å². The molecule has 4 heterocycles. The van der Waals surface area contributed by atoms with Gasteiger partial charge in [-0.1, -0.05) is 123 Å². The van der Waals surface area contributed by atoms with Crippen molar-refractivity contribution in [2.45, 2.75) is 110 Å². The summed E-state index contributed by atoms with van der Waals surface area (Å²) >= 11 is 2.52. The maximum atomic E-state index is 7.18. The smallest absolute Gasteiger partial charge is 0.0618 e. The summed E-state index contributed by atoms with van der Waals surface area (Å²) in [6.07, 6.45) is 1.95. The standard InChI is InChI=1S/C83H75N5O.Pt/c1-79(2,3)57-44-45-84-77(51-57)88-73-39-24-21-36-69(73)83(67-34-19-22-37-71(67)87(72-38-23-20-35-68(72)83)62-47-58(80(4,5)6)46-59(48-62)81(7,8)9)70-43-42-64(53-76(70)88)89-63-33-27-32-61(52-63)85-54-86(75-41-26-25-40-74(75)85)78-65(55-28-15-13-16-29-55)49-60(82(10,11)12)50-66(78)56-30-17-14-18-31-56;/h13-51H,1-12H3;/q-2;. The molecule has 10 aromatic carbocycles. The van der Waals surface area contributed by atoms with Crippen LogP contribution in [0.2, 0.25) is 0 Å². The Morgan fingerprint density at radius 2 is 0.867 bits per heavy atom. The second kappa shape index (κ2) is 21.8. The van der Waals surface area contributed by atoms with E-state index in [-0.39, 0.29) is 21.7 Å². The van der Waals surface area contributed by atoms with Gasteiger partial charge >= 0.3 is 331 Å². The molecule has 0 atom stereocenters. The molecule has 0 fully saturated rings. The number of fused-ring (bicyclic) bond motifs is 9. The summed E-state index contributed by atoms with van der Waals surface area (Å²) in [5, 5.41) is 0. The summed E-state index contributed by atoms with van der Waals surface area (Å²) in [6.45, 7) is 27.6. The predicted octanol–water partition coefficient (Wildman–Crippen LogP) is 21.8. The van der Waals surface area contributed by atoms with E-state index in [0.29, 0.717) is 11.5 Å². The molecule has 450 valence electrons. The zero-order valence-corrected chi connectivity index (χ0v) is 55.7. The number of hydrogen-bond donors (Lipinski definition) is 0. The molecule has 6 nitrogen and oxygen atoms in total. The molecule has 2 aromatic heterocycles. The van der Waals surface area contributed by atoms with E-state index in [1.54, 1.807) is 0 Å². The Kier molecular flexibility index (Phi) is 14.2. The number of imidazole rings is 1. The molecule has 1 spiro atoms. The quantitative estimate of drug-likeness (QED) is 0.142. The number of pyridine rings is 1. The average molecular weight is 1350 g/mol. The molecule has 0 aliphatic carbocycles. The van der Waals surface area contributed by atoms with Gasteiger partial charge in [0, 0.05) is 23.3 Å². The third-order valence-electron chi connectivity index (χ3n) is 18.2. The van der Waals surface area contributed by atoms with Crippen LogP contribution in [-0.4, -0.2) is 14.1 Å². The molecule has 0 unspecified atom stereocenters. The van der Waals surface area contributed by atoms with Crippen molar-refractivity contribution in [3.63, 3.8) is 0 Å². The van der Waals surface area contributed by atoms with Crippen LogP contribution in [0.5, 0.6) is 11.5 Å². The van der Waals surface area contributed by atoms with Gasteiger partial charge in [0.1, 0.15) is 0 Å². The van der Waals surface area contributed by atoms with Gasteiger partial charge in [-0.25, -0.2) is 0 Å². The monoisotopic (exact) mass is 1350 g/mol. The van der Waals surface area contributed by atoms with Crippen molar-refractivity contribution >= 4 is 45.3 Å². The van der Waals surface area contributed by atoms with E-state index < -0.39 is 5.41 Å². The Morgan fingerprint density at radius 1 is 0.400 bits per heavy atom. The second-order valence-corrected chi connectivity index (χ2v) is 29.3. The zero-order valence-electron chi connectivity index (χ0n) is 53.5. The van der Waals surface area contributed by atoms with Gasteiger partial charge in [-0.3, -0.25) is 0 Å². The molecule has 0 amide bonds. The van der Waals surface area contributed by atoms with E-state index in [2.05, 4.69) is 358 Å². The Bertz CT molecular complexity index is 4690. The van der Waals surface area contributed by atoms with Crippen LogP contribution in [0, 0.1) is 15.9 Å². The fraction of sp³-hybridized carbons (Fsp3) is 0.205. The van der Waals surface area contributed by atoms with Gasteiger partial charge in [-0.05, 0) is 63.3 Å². The molecule has 7 heteroatoms. The molecular formula is C83H75N5OPt-2. The average Bonchev–Trinajstić information content (AvgIpc) is 0.790. The third kappa shape index (κ3) is 9.90. The fourth-order valence-corrected chi connectivity index (χ4v) is 14.6. The van der Waals surface area contributed by atoms with E-state index in [4.69, 9.17) is 9.72 Å². The summed E-state index contributed by atoms with van der Waals surface area (Å²) in [5.74, 6) is 1.93. The molecule has 0 saturated heterocycles. The molecule has 0 saturated carbocycles. The van der Waals surface area contributed by atoms with Gasteiger partial charge in [0.05, 0.1) is 0 Å². The van der Waals surface area contributed by atoms with Crippen molar-refractivity contribution in [2.24, 2.45) is 0 Å². The van der Waals surface area contributed by atoms with Crippen molar-refractivity contribution < 1.29 is 24.1 Å². The number of para-hydroxylation sites is 5. The van der Waals surface area contributed by atoms with Gasteiger partial charge in [0.15, 0.2) is 0 Å². The molecular weight excluding hydrogens is 1280 g/mol. The van der Waals surface area contributed by atoms with Gasteiger partial charge in [0.2, 0.25) is 0 Å². The number of benzene rings is 10. The number of anilines is 6. The van der Waals surface area contributed by atoms with Crippen LogP contribution in [0.4, 0.5) is 34.3 Å². The van der Waals surface area contributed by atoms with Crippen LogP contribution in [0.3, 0.4) is 0 Å². The number of nitrogens with zero attached hydrogens (tertiary/aromatic N) is 5. The van der Waals surface area contributed by atoms with Crippen molar-refractivity contribution in [1.82, 2.24) is 14.1 Å². The molecule has 2 aliphatic rings. The van der Waals surface area contributed by atoms with Crippen LogP contribution >= 0.6 is 0 Å². The van der Waals surface area contributed by atoms with Crippen molar-refractivity contribution in [1.29, 1.82) is 0 Å². The number of rotatable bonds is 8. The van der Waals surface area contributed by atoms with Gasteiger partial charge < -0.3 is 4.90 Å². The van der Waals surface area contributed by atoms with E-state index >= 15 is 0 Å². The van der Waals surface area contributed by atoms with Crippen molar-refractivity contribution in [3.05, 3.63) is 297 Å². The Morgan fingerprint density at radius 3 is 1.40 bits per heavy atom. The SMILES string of the molecule is CC(C)(C)c1cc(N2c3ccccc3C3(c4ccc(Oc5[c-]c(-n6[c](=[Pt])n(-c7c(-c8ccccc8)cc(C(C)(C)C)cc7-c7ccccc7)c7ccccc76)ccc5)[c-]c4N(c4cc(C(C)(C)C)ccn4)c4ccccc43)c3ccccc32)cc(C(C)(C)C)c1. The molecule has 0 radical (unpaired) electrons. The summed E-state index contributed by atoms with van der Waals surface area (Å²) in [6, 6.07) is 92.2. The zero-order chi connectivity index (χ0) is 62.6. The van der Waals surface area contributed by atoms with Crippen molar-refractivity contribution in [3.8, 4) is 45.1 Å². The minimum absolute atomic E-state index is 0.0819. The number of ether oxygens (including phenoxy) is 1. The van der Waals surface area contributed by atoms with E-state index in [0.717, 1.165) is 93.8 Å². The van der Waals surface area contributed by atoms with Gasteiger partial charge in [-0.2, -0.15) is 0 Å². The van der Waals surface area contributed by atoms with Crippen LogP contribution < -0.4 is 14.5 Å². The van der Waals surface area contributed by atoms with E-state index in [1.165, 1.54) is 33.4 Å². The first-order chi connectivity index (χ1) is 43.1. The third-order valence-corrected chi connectivity index (χ3v) is 19.2. The number of hydrogen-bond acceptors (Lipinski definition) is 4. The van der Waals surface area contributed by atoms with Crippen LogP contribution in [0.15, 0.2) is 237 Å². The van der Waals surface area contributed by atoms with Gasteiger partial charge in [-0.15, -0.1) is 0 Å². The minimum Gasteiger partial charge on any atom is -0.0618 e. The van der Waals surface area contributed by atoms with Crippen LogP contribution in [0.25, 0.3) is 44.7 Å². The van der Waals surface area contributed by atoms with Gasteiger partial charge in [0.25, 0.3) is 0 Å². The molecule has 14 rings (SSSR count). The molecule has 0 bridgehead atoms. The first-order valence-electron chi connectivity index (χ1n) is 31.4. The molecule has 2 aliphatic heterocycles. The van der Waals surface area contributed by atoms with Crippen LogP contribution in [-0.2, 0) is 46.4 Å². The summed E-state index contributed by atoms with van der Waals surface area (Å²) in [5.41, 5.74) is 22.4. The first kappa shape index (κ1) is 58.6. The molecule has 12 aromatic rings. The first-order valence-corrected chi connectivity index (χ1v) is 32.5. The second-order valence-electron chi connectivity index (χ2n) is 28.3. The van der Waals surface area contributed by atoms with Crippen LogP contribution in [0.1, 0.15) is 128 Å². The summed E-state index contributed by atoms with van der Waals surface area (Å²) in [7, 11) is 0. The van der Waals surface area contributed by atoms with E-state index in [9.17, 15) is 0 Å². The summed E-state index contributed by atoms with van der Waals surface area (Å²) in [4.78, 5) is 10.0. The molecule has 90 heavy (non-hydrogen) atoms. The summed E-state index contributed by atoms with van der Waals surface area (Å²) < 4.78 is 12.9. The Hall–Kier alpha value is -9.09. The predicted molar refractivity (Wildman–Crippen MR) is 368 cm³/mol. The Balaban J connectivity index is 0.959. The van der Waals surface area contributed by atoms with Crippen molar-refractivity contribution in [2.75, 3.05) is 9.80 Å². The fourth-order valence-electron chi connectivity index (χ4n) is 13.5. The number of aromatic nitrogens is 3. The van der Waals surface area contributed by atoms with E-state index in [1.807, 2.05) is 12.3 Å². The topological polar surface area (TPSA) is 38.5 Å².